The smallest absolute Gasteiger partial charge is 0.229 e. The summed E-state index contributed by atoms with van der Waals surface area (Å²) in [4.78, 5) is 18.9. The van der Waals surface area contributed by atoms with Crippen LogP contribution in [0.3, 0.4) is 0 Å². The van der Waals surface area contributed by atoms with E-state index in [2.05, 4.69) is 15.2 Å². The van der Waals surface area contributed by atoms with Crippen molar-refractivity contribution in [3.8, 4) is 0 Å². The van der Waals surface area contributed by atoms with Crippen molar-refractivity contribution in [1.82, 2.24) is 10.3 Å². The first-order valence-corrected chi connectivity index (χ1v) is 8.12. The molecule has 1 N–H and O–H groups in total. The summed E-state index contributed by atoms with van der Waals surface area (Å²) in [6.07, 6.45) is 2.25. The summed E-state index contributed by atoms with van der Waals surface area (Å²) in [6.45, 7) is 5.21. The van der Waals surface area contributed by atoms with Gasteiger partial charge in [-0.25, -0.2) is 4.98 Å². The monoisotopic (exact) mass is 343 g/mol. The number of hydrogen-bond donors (Lipinski definition) is 1. The summed E-state index contributed by atoms with van der Waals surface area (Å²) in [6, 6.07) is 3.85. The van der Waals surface area contributed by atoms with Crippen molar-refractivity contribution in [2.75, 3.05) is 31.2 Å². The fourth-order valence-corrected chi connectivity index (χ4v) is 3.35. The first-order valence-electron chi connectivity index (χ1n) is 7.37. The molecular formula is C15H19Cl2N3O2. The minimum Gasteiger partial charge on any atom is -0.378 e. The van der Waals surface area contributed by atoms with Gasteiger partial charge >= 0.3 is 0 Å². The number of ether oxygens (including phenoxy) is 1. The second-order valence-electron chi connectivity index (χ2n) is 5.98. The second-order valence-corrected chi connectivity index (χ2v) is 7.47. The van der Waals surface area contributed by atoms with Crippen molar-refractivity contribution in [2.24, 2.45) is 5.41 Å². The summed E-state index contributed by atoms with van der Waals surface area (Å²) in [5.74, 6) is 0.782. The maximum atomic E-state index is 12.3. The summed E-state index contributed by atoms with van der Waals surface area (Å²) in [5, 5.41) is 2.93. The largest absolute Gasteiger partial charge is 0.378 e. The number of nitrogens with zero attached hydrogens (tertiary/aromatic N) is 2. The van der Waals surface area contributed by atoms with E-state index in [9.17, 15) is 4.79 Å². The van der Waals surface area contributed by atoms with Crippen LogP contribution in [-0.2, 0) is 16.1 Å². The molecule has 2 heterocycles. The number of amides is 1. The van der Waals surface area contributed by atoms with E-state index in [1.165, 1.54) is 0 Å². The van der Waals surface area contributed by atoms with E-state index in [1.54, 1.807) is 13.1 Å². The number of carbonyl (C=O) groups excluding carboxylic acids is 1. The average molecular weight is 344 g/mol. The maximum Gasteiger partial charge on any atom is 0.229 e. The SMILES string of the molecule is CC1(C(=O)NCc2cccnc2N2CCOCC2)CC1(Cl)Cl. The first-order chi connectivity index (χ1) is 10.4. The molecule has 2 fully saturated rings. The van der Waals surface area contributed by atoms with E-state index in [-0.39, 0.29) is 5.91 Å². The third kappa shape index (κ3) is 2.90. The van der Waals surface area contributed by atoms with Gasteiger partial charge < -0.3 is 15.0 Å². The van der Waals surface area contributed by atoms with Crippen LogP contribution >= 0.6 is 23.2 Å². The first kappa shape index (κ1) is 15.8. The number of anilines is 1. The van der Waals surface area contributed by atoms with Crippen molar-refractivity contribution in [3.05, 3.63) is 23.9 Å². The second kappa shape index (κ2) is 5.87. The number of halogens is 2. The van der Waals surface area contributed by atoms with Crippen LogP contribution in [0.1, 0.15) is 18.9 Å². The fourth-order valence-electron chi connectivity index (χ4n) is 2.64. The zero-order chi connectivity index (χ0) is 15.8. The lowest BCUT2D eigenvalue weighted by molar-refractivity contribution is -0.125. The molecule has 1 aliphatic carbocycles. The number of aromatic nitrogens is 1. The Morgan fingerprint density at radius 2 is 2.14 bits per heavy atom. The Hall–Kier alpha value is -1.04. The number of carbonyl (C=O) groups is 1. The van der Waals surface area contributed by atoms with Crippen LogP contribution in [0.15, 0.2) is 18.3 Å². The summed E-state index contributed by atoms with van der Waals surface area (Å²) < 4.78 is 4.42. The molecule has 0 radical (unpaired) electrons. The van der Waals surface area contributed by atoms with Gasteiger partial charge in [-0.2, -0.15) is 0 Å². The highest BCUT2D eigenvalue weighted by molar-refractivity contribution is 6.53. The molecule has 1 atom stereocenters. The predicted octanol–water partition coefficient (Wildman–Crippen LogP) is 2.12. The van der Waals surface area contributed by atoms with Crippen molar-refractivity contribution >= 4 is 34.9 Å². The lowest BCUT2D eigenvalue weighted by atomic mass is 10.1. The Labute approximate surface area is 139 Å². The van der Waals surface area contributed by atoms with Gasteiger partial charge in [0, 0.05) is 31.4 Å². The quantitative estimate of drug-likeness (QED) is 0.850. The highest BCUT2D eigenvalue weighted by Gasteiger charge is 2.67. The lowest BCUT2D eigenvalue weighted by Crippen LogP contribution is -2.38. The predicted molar refractivity (Wildman–Crippen MR) is 86.3 cm³/mol. The highest BCUT2D eigenvalue weighted by atomic mass is 35.5. The Balaban J connectivity index is 1.67. The molecule has 1 amide bonds. The molecule has 2 aliphatic rings. The number of alkyl halides is 2. The van der Waals surface area contributed by atoms with E-state index in [4.69, 9.17) is 27.9 Å². The van der Waals surface area contributed by atoms with Crippen LogP contribution in [0, 0.1) is 5.41 Å². The molecule has 1 saturated carbocycles. The number of hydrogen-bond acceptors (Lipinski definition) is 4. The number of morpholine rings is 1. The van der Waals surface area contributed by atoms with Crippen LogP contribution in [-0.4, -0.2) is 41.5 Å². The third-order valence-corrected chi connectivity index (χ3v) is 5.48. The number of nitrogens with one attached hydrogen (secondary N) is 1. The molecule has 0 spiro atoms. The van der Waals surface area contributed by atoms with Crippen molar-refractivity contribution in [3.63, 3.8) is 0 Å². The van der Waals surface area contributed by atoms with Crippen LogP contribution in [0.2, 0.25) is 0 Å². The Kier molecular flexibility index (Phi) is 4.23. The normalized spacial score (nSPS) is 26.6. The summed E-state index contributed by atoms with van der Waals surface area (Å²) in [7, 11) is 0. The molecular weight excluding hydrogens is 325 g/mol. The minimum absolute atomic E-state index is 0.116. The molecule has 5 nitrogen and oxygen atoms in total. The third-order valence-electron chi connectivity index (χ3n) is 4.38. The molecule has 1 unspecified atom stereocenters. The Morgan fingerprint density at radius 1 is 1.45 bits per heavy atom. The van der Waals surface area contributed by atoms with Crippen molar-refractivity contribution < 1.29 is 9.53 Å². The van der Waals surface area contributed by atoms with Crippen LogP contribution in [0.25, 0.3) is 0 Å². The molecule has 0 bridgehead atoms. The van der Waals surface area contributed by atoms with Gasteiger partial charge in [0.2, 0.25) is 5.91 Å². The van der Waals surface area contributed by atoms with Crippen molar-refractivity contribution in [1.29, 1.82) is 0 Å². The maximum absolute atomic E-state index is 12.3. The molecule has 120 valence electrons. The zero-order valence-electron chi connectivity index (χ0n) is 12.4. The molecule has 1 aliphatic heterocycles. The highest BCUT2D eigenvalue weighted by Crippen LogP contribution is 2.63. The van der Waals surface area contributed by atoms with Gasteiger partial charge in [-0.15, -0.1) is 23.2 Å². The molecule has 1 aromatic rings. The van der Waals surface area contributed by atoms with Gasteiger partial charge in [-0.3, -0.25) is 4.79 Å². The molecule has 22 heavy (non-hydrogen) atoms. The Bertz CT molecular complexity index is 576. The topological polar surface area (TPSA) is 54.5 Å². The standard InChI is InChI=1S/C15H19Cl2N3O2/c1-14(10-15(14,16)17)13(21)19-9-11-3-2-4-18-12(11)20-5-7-22-8-6-20/h2-4H,5-10H2,1H3,(H,19,21). The van der Waals surface area contributed by atoms with E-state index >= 15 is 0 Å². The lowest BCUT2D eigenvalue weighted by Gasteiger charge is -2.29. The summed E-state index contributed by atoms with van der Waals surface area (Å²) >= 11 is 12.1. The molecule has 7 heteroatoms. The van der Waals surface area contributed by atoms with Gasteiger partial charge in [-0.1, -0.05) is 6.07 Å². The van der Waals surface area contributed by atoms with Gasteiger partial charge in [0.05, 0.1) is 18.6 Å². The van der Waals surface area contributed by atoms with Crippen LogP contribution in [0.5, 0.6) is 0 Å². The number of pyridine rings is 1. The minimum atomic E-state index is -0.945. The molecule has 0 aromatic carbocycles. The fraction of sp³-hybridized carbons (Fsp3) is 0.600. The van der Waals surface area contributed by atoms with Gasteiger partial charge in [-0.05, 0) is 19.4 Å². The average Bonchev–Trinajstić information content (AvgIpc) is 3.06. The van der Waals surface area contributed by atoms with Crippen LogP contribution < -0.4 is 10.2 Å². The van der Waals surface area contributed by atoms with E-state index in [0.29, 0.717) is 26.2 Å². The van der Waals surface area contributed by atoms with Gasteiger partial charge in [0.25, 0.3) is 0 Å². The van der Waals surface area contributed by atoms with Gasteiger partial charge in [0.1, 0.15) is 10.2 Å². The zero-order valence-corrected chi connectivity index (χ0v) is 14.0. The number of rotatable bonds is 4. The van der Waals surface area contributed by atoms with E-state index in [1.807, 2.05) is 12.1 Å². The summed E-state index contributed by atoms with van der Waals surface area (Å²) in [5.41, 5.74) is 0.286. The molecule has 1 aromatic heterocycles. The molecule has 1 saturated heterocycles. The Morgan fingerprint density at radius 3 is 2.77 bits per heavy atom. The van der Waals surface area contributed by atoms with Crippen LogP contribution in [0.4, 0.5) is 5.82 Å². The van der Waals surface area contributed by atoms with E-state index in [0.717, 1.165) is 24.5 Å². The molecule has 3 rings (SSSR count). The van der Waals surface area contributed by atoms with Crippen molar-refractivity contribution in [2.45, 2.75) is 24.2 Å². The van der Waals surface area contributed by atoms with E-state index < -0.39 is 9.75 Å². The van der Waals surface area contributed by atoms with Gasteiger partial charge in [0.15, 0.2) is 0 Å².